The molecule has 0 rings (SSSR count). The number of amides is 1. The Morgan fingerprint density at radius 1 is 1.36 bits per heavy atom. The third-order valence-electron chi connectivity index (χ3n) is 1.37. The predicted octanol–water partition coefficient (Wildman–Crippen LogP) is -0.393. The second-order valence-electron chi connectivity index (χ2n) is 2.74. The van der Waals surface area contributed by atoms with E-state index >= 15 is 0 Å². The van der Waals surface area contributed by atoms with Crippen molar-refractivity contribution in [2.45, 2.75) is 19.4 Å². The van der Waals surface area contributed by atoms with Crippen LogP contribution < -0.4 is 5.32 Å². The van der Waals surface area contributed by atoms with Crippen LogP contribution in [0.2, 0.25) is 0 Å². The lowest BCUT2D eigenvalue weighted by Gasteiger charge is -2.11. The largest absolute Gasteiger partial charge is 0.481 e. The number of carboxylic acid groups (broad SMARTS) is 2. The molecule has 0 bridgehead atoms. The van der Waals surface area contributed by atoms with Gasteiger partial charge < -0.3 is 15.5 Å². The van der Waals surface area contributed by atoms with E-state index in [4.69, 9.17) is 10.2 Å². The average Bonchev–Trinajstić information content (AvgIpc) is 2.01. The van der Waals surface area contributed by atoms with Crippen molar-refractivity contribution >= 4 is 17.8 Å². The van der Waals surface area contributed by atoms with E-state index in [2.05, 4.69) is 6.58 Å². The highest BCUT2D eigenvalue weighted by atomic mass is 16.4. The molecule has 78 valence electrons. The number of hydrogen-bond donors (Lipinski definition) is 3. The van der Waals surface area contributed by atoms with Gasteiger partial charge in [0.15, 0.2) is 0 Å². The molecule has 6 nitrogen and oxygen atoms in total. The molecule has 1 atom stereocenters. The first kappa shape index (κ1) is 12.2. The summed E-state index contributed by atoms with van der Waals surface area (Å²) in [4.78, 5) is 31.7. The average molecular weight is 201 g/mol. The van der Waals surface area contributed by atoms with Crippen LogP contribution in [0.5, 0.6) is 0 Å². The molecule has 0 aromatic heterocycles. The number of aliphatic carboxylic acids is 2. The quantitative estimate of drug-likeness (QED) is 0.525. The molecule has 1 amide bonds. The number of carbonyl (C=O) groups excluding carboxylic acids is 1. The van der Waals surface area contributed by atoms with Gasteiger partial charge in [-0.1, -0.05) is 6.58 Å². The molecule has 0 spiro atoms. The minimum atomic E-state index is -1.42. The maximum Gasteiger partial charge on any atom is 0.326 e. The first-order chi connectivity index (χ1) is 6.34. The van der Waals surface area contributed by atoms with E-state index in [0.717, 1.165) is 0 Å². The van der Waals surface area contributed by atoms with Crippen LogP contribution in [0.4, 0.5) is 0 Å². The standard InChI is InChI=1S/C8H11NO5/c1-4(2)7(12)9-5(8(13)14)3-6(10)11/h5H,1,3H2,2H3,(H,9,12)(H,10,11)(H,13,14)/t5-/m1/s1. The summed E-state index contributed by atoms with van der Waals surface area (Å²) in [5.74, 6) is -3.35. The lowest BCUT2D eigenvalue weighted by molar-refractivity contribution is -0.146. The Hall–Kier alpha value is -1.85. The molecule has 0 aromatic rings. The van der Waals surface area contributed by atoms with Crippen molar-refractivity contribution < 1.29 is 24.6 Å². The number of nitrogens with one attached hydrogen (secondary N) is 1. The van der Waals surface area contributed by atoms with Gasteiger partial charge in [0, 0.05) is 5.57 Å². The molecule has 0 aliphatic rings. The van der Waals surface area contributed by atoms with Crippen molar-refractivity contribution in [3.63, 3.8) is 0 Å². The van der Waals surface area contributed by atoms with Gasteiger partial charge in [-0.3, -0.25) is 9.59 Å². The monoisotopic (exact) mass is 201 g/mol. The molecule has 0 saturated carbocycles. The van der Waals surface area contributed by atoms with E-state index in [1.54, 1.807) is 0 Å². The van der Waals surface area contributed by atoms with Crippen molar-refractivity contribution in [3.8, 4) is 0 Å². The molecule has 0 fully saturated rings. The minimum Gasteiger partial charge on any atom is -0.481 e. The molecule has 0 unspecified atom stereocenters. The van der Waals surface area contributed by atoms with Crippen LogP contribution in [-0.4, -0.2) is 34.1 Å². The Balaban J connectivity index is 4.38. The predicted molar refractivity (Wildman–Crippen MR) is 46.6 cm³/mol. The summed E-state index contributed by atoms with van der Waals surface area (Å²) in [6.07, 6.45) is -0.658. The second-order valence-corrected chi connectivity index (χ2v) is 2.74. The second kappa shape index (κ2) is 5.00. The summed E-state index contributed by atoms with van der Waals surface area (Å²) < 4.78 is 0. The summed E-state index contributed by atoms with van der Waals surface area (Å²) in [7, 11) is 0. The van der Waals surface area contributed by atoms with Crippen molar-refractivity contribution in [3.05, 3.63) is 12.2 Å². The lowest BCUT2D eigenvalue weighted by atomic mass is 10.2. The highest BCUT2D eigenvalue weighted by Crippen LogP contribution is 1.95. The molecule has 3 N–H and O–H groups in total. The summed E-state index contributed by atoms with van der Waals surface area (Å²) in [5, 5.41) is 18.9. The number of rotatable bonds is 5. The number of carboxylic acids is 2. The first-order valence-corrected chi connectivity index (χ1v) is 3.75. The number of hydrogen-bond acceptors (Lipinski definition) is 3. The first-order valence-electron chi connectivity index (χ1n) is 3.75. The zero-order valence-corrected chi connectivity index (χ0v) is 7.61. The van der Waals surface area contributed by atoms with E-state index in [1.807, 2.05) is 5.32 Å². The van der Waals surface area contributed by atoms with Crippen LogP contribution in [0.15, 0.2) is 12.2 Å². The van der Waals surface area contributed by atoms with Gasteiger partial charge in [-0.2, -0.15) is 0 Å². The topological polar surface area (TPSA) is 104 Å². The van der Waals surface area contributed by atoms with Gasteiger partial charge >= 0.3 is 11.9 Å². The smallest absolute Gasteiger partial charge is 0.326 e. The van der Waals surface area contributed by atoms with Crippen molar-refractivity contribution in [2.75, 3.05) is 0 Å². The summed E-state index contributed by atoms with van der Waals surface area (Å²) in [6, 6.07) is -1.42. The summed E-state index contributed by atoms with van der Waals surface area (Å²) >= 11 is 0. The van der Waals surface area contributed by atoms with E-state index in [0.29, 0.717) is 0 Å². The molecular weight excluding hydrogens is 190 g/mol. The Morgan fingerprint density at radius 2 is 1.86 bits per heavy atom. The van der Waals surface area contributed by atoms with Crippen LogP contribution in [0.3, 0.4) is 0 Å². The molecule has 0 radical (unpaired) electrons. The molecule has 0 aliphatic heterocycles. The third kappa shape index (κ3) is 4.24. The highest BCUT2D eigenvalue weighted by Gasteiger charge is 2.22. The van der Waals surface area contributed by atoms with Crippen LogP contribution in [0.25, 0.3) is 0 Å². The van der Waals surface area contributed by atoms with Gasteiger partial charge in [0.25, 0.3) is 0 Å². The lowest BCUT2D eigenvalue weighted by Crippen LogP contribution is -2.42. The zero-order valence-electron chi connectivity index (χ0n) is 7.61. The van der Waals surface area contributed by atoms with Crippen molar-refractivity contribution in [1.29, 1.82) is 0 Å². The zero-order chi connectivity index (χ0) is 11.3. The molecule has 0 aliphatic carbocycles. The maximum atomic E-state index is 11.0. The van der Waals surface area contributed by atoms with Crippen molar-refractivity contribution in [1.82, 2.24) is 5.32 Å². The fourth-order valence-corrected chi connectivity index (χ4v) is 0.656. The molecule has 6 heteroatoms. The van der Waals surface area contributed by atoms with E-state index in [1.165, 1.54) is 6.92 Å². The van der Waals surface area contributed by atoms with Crippen molar-refractivity contribution in [2.24, 2.45) is 0 Å². The summed E-state index contributed by atoms with van der Waals surface area (Å²) in [5.41, 5.74) is 0.127. The normalized spacial score (nSPS) is 11.5. The van der Waals surface area contributed by atoms with Gasteiger partial charge in [-0.15, -0.1) is 0 Å². The van der Waals surface area contributed by atoms with E-state index < -0.39 is 30.3 Å². The molecule has 0 aromatic carbocycles. The molecule has 0 heterocycles. The van der Waals surface area contributed by atoms with E-state index in [-0.39, 0.29) is 5.57 Å². The van der Waals surface area contributed by atoms with Gasteiger partial charge in [-0.05, 0) is 6.92 Å². The SMILES string of the molecule is C=C(C)C(=O)N[C@H](CC(=O)O)C(=O)O. The highest BCUT2D eigenvalue weighted by molar-refractivity contribution is 5.95. The Labute approximate surface area is 80.2 Å². The van der Waals surface area contributed by atoms with Crippen LogP contribution >= 0.6 is 0 Å². The fraction of sp³-hybridized carbons (Fsp3) is 0.375. The Bertz CT molecular complexity index is 283. The molecule has 0 saturated heterocycles. The van der Waals surface area contributed by atoms with Gasteiger partial charge in [0.1, 0.15) is 6.04 Å². The minimum absolute atomic E-state index is 0.127. The molecular formula is C8H11NO5. The summed E-state index contributed by atoms with van der Waals surface area (Å²) in [6.45, 7) is 4.69. The van der Waals surface area contributed by atoms with Gasteiger partial charge in [-0.25, -0.2) is 4.79 Å². The maximum absolute atomic E-state index is 11.0. The van der Waals surface area contributed by atoms with Gasteiger partial charge in [0.2, 0.25) is 5.91 Å². The van der Waals surface area contributed by atoms with Crippen LogP contribution in [-0.2, 0) is 14.4 Å². The Kier molecular flexibility index (Phi) is 4.34. The fourth-order valence-electron chi connectivity index (χ4n) is 0.656. The van der Waals surface area contributed by atoms with Gasteiger partial charge in [0.05, 0.1) is 6.42 Å². The molecule has 14 heavy (non-hydrogen) atoms. The van der Waals surface area contributed by atoms with Crippen LogP contribution in [0, 0.1) is 0 Å². The number of carbonyl (C=O) groups is 3. The third-order valence-corrected chi connectivity index (χ3v) is 1.37. The van der Waals surface area contributed by atoms with E-state index in [9.17, 15) is 14.4 Å². The Morgan fingerprint density at radius 3 is 2.14 bits per heavy atom. The van der Waals surface area contributed by atoms with Crippen LogP contribution in [0.1, 0.15) is 13.3 Å².